The number of nitrogens with zero attached hydrogens (tertiary/aromatic N) is 2. The fourth-order valence-corrected chi connectivity index (χ4v) is 4.48. The Morgan fingerprint density at radius 1 is 1.11 bits per heavy atom. The zero-order chi connectivity index (χ0) is 19.4. The highest BCUT2D eigenvalue weighted by Crippen LogP contribution is 2.35. The first-order chi connectivity index (χ1) is 13.0. The number of hydrogen-bond donors (Lipinski definition) is 1. The predicted octanol–water partition coefficient (Wildman–Crippen LogP) is 3.34. The summed E-state index contributed by atoms with van der Waals surface area (Å²) in [4.78, 5) is 17.2. The second-order valence-corrected chi connectivity index (χ2v) is 7.65. The van der Waals surface area contributed by atoms with Gasteiger partial charge in [0.2, 0.25) is 0 Å². The average Bonchev–Trinajstić information content (AvgIpc) is 3.22. The van der Waals surface area contributed by atoms with Gasteiger partial charge in [-0.05, 0) is 38.3 Å². The molecule has 27 heavy (non-hydrogen) atoms. The van der Waals surface area contributed by atoms with E-state index >= 15 is 0 Å². The van der Waals surface area contributed by atoms with Crippen LogP contribution >= 0.6 is 0 Å². The zero-order valence-corrected chi connectivity index (χ0v) is 17.1. The van der Waals surface area contributed by atoms with Crippen LogP contribution in [-0.2, 0) is 0 Å². The van der Waals surface area contributed by atoms with E-state index in [2.05, 4.69) is 10.2 Å². The van der Waals surface area contributed by atoms with Gasteiger partial charge in [0, 0.05) is 37.8 Å². The highest BCUT2D eigenvalue weighted by atomic mass is 16.5. The number of carbonyl (C=O) groups excluding carboxylic acids is 1. The van der Waals surface area contributed by atoms with Crippen molar-refractivity contribution in [1.82, 2.24) is 15.1 Å². The van der Waals surface area contributed by atoms with E-state index in [1.807, 2.05) is 30.9 Å². The molecule has 3 rings (SSSR count). The van der Waals surface area contributed by atoms with E-state index in [1.165, 1.54) is 25.7 Å². The molecule has 1 atom stereocenters. The highest BCUT2D eigenvalue weighted by Gasteiger charge is 2.28. The average molecular weight is 376 g/mol. The number of nitrogens with one attached hydrogen (secondary N) is 1. The van der Waals surface area contributed by atoms with Crippen LogP contribution in [-0.4, -0.2) is 62.3 Å². The quantitative estimate of drug-likeness (QED) is 0.858. The fraction of sp³-hybridized carbons (Fsp3) is 0.667. The summed E-state index contributed by atoms with van der Waals surface area (Å²) in [6, 6.07) is 4.56. The molecule has 1 aromatic carbocycles. The van der Waals surface area contributed by atoms with Gasteiger partial charge < -0.3 is 19.7 Å². The molecule has 2 aliphatic rings. The number of ether oxygens (including phenoxy) is 2. The Labute approximate surface area is 162 Å². The molecule has 2 fully saturated rings. The number of hydrogen-bond acceptors (Lipinski definition) is 4. The van der Waals surface area contributed by atoms with E-state index in [0.29, 0.717) is 5.75 Å². The largest absolute Gasteiger partial charge is 0.493 e. The lowest BCUT2D eigenvalue weighted by Crippen LogP contribution is -2.54. The maximum Gasteiger partial charge on any atom is 0.317 e. The number of benzene rings is 1. The SMILES string of the molecule is COc1ccc(C(C)NC(=O)N2CCN(C3CCCC3)CC2)c(C)c1OC. The lowest BCUT2D eigenvalue weighted by Gasteiger charge is -2.38. The molecule has 1 heterocycles. The Bertz CT molecular complexity index is 650. The molecule has 1 unspecified atom stereocenters. The van der Waals surface area contributed by atoms with E-state index in [4.69, 9.17) is 9.47 Å². The van der Waals surface area contributed by atoms with Gasteiger partial charge in [-0.2, -0.15) is 0 Å². The number of carbonyl (C=O) groups is 1. The third-order valence-electron chi connectivity index (χ3n) is 6.08. The van der Waals surface area contributed by atoms with E-state index in [9.17, 15) is 4.79 Å². The Balaban J connectivity index is 1.58. The van der Waals surface area contributed by atoms with Crippen LogP contribution < -0.4 is 14.8 Å². The first kappa shape index (κ1) is 19.8. The lowest BCUT2D eigenvalue weighted by atomic mass is 10.0. The van der Waals surface area contributed by atoms with Crippen molar-refractivity contribution in [3.63, 3.8) is 0 Å². The molecule has 1 saturated carbocycles. The van der Waals surface area contributed by atoms with Crippen LogP contribution in [0.1, 0.15) is 49.8 Å². The number of urea groups is 1. The standard InChI is InChI=1S/C21H33N3O3/c1-15-18(9-10-19(26-3)20(15)27-4)16(2)22-21(25)24-13-11-23(12-14-24)17-7-5-6-8-17/h9-10,16-17H,5-8,11-14H2,1-4H3,(H,22,25). The van der Waals surface area contributed by atoms with Crippen molar-refractivity contribution in [3.8, 4) is 11.5 Å². The van der Waals surface area contributed by atoms with Gasteiger partial charge >= 0.3 is 6.03 Å². The molecule has 1 aromatic rings. The van der Waals surface area contributed by atoms with Crippen molar-refractivity contribution < 1.29 is 14.3 Å². The topological polar surface area (TPSA) is 54.0 Å². The van der Waals surface area contributed by atoms with Gasteiger partial charge in [0.1, 0.15) is 0 Å². The molecule has 0 spiro atoms. The monoisotopic (exact) mass is 375 g/mol. The van der Waals surface area contributed by atoms with Crippen molar-refractivity contribution in [2.24, 2.45) is 0 Å². The maximum atomic E-state index is 12.7. The summed E-state index contributed by atoms with van der Waals surface area (Å²) in [5, 5.41) is 3.15. The first-order valence-corrected chi connectivity index (χ1v) is 10.1. The molecular weight excluding hydrogens is 342 g/mol. The molecule has 6 nitrogen and oxygen atoms in total. The predicted molar refractivity (Wildman–Crippen MR) is 107 cm³/mol. The molecule has 2 amide bonds. The van der Waals surface area contributed by atoms with E-state index in [1.54, 1.807) is 14.2 Å². The van der Waals surface area contributed by atoms with Crippen LogP contribution in [0.15, 0.2) is 12.1 Å². The molecule has 150 valence electrons. The molecule has 0 bridgehead atoms. The number of piperazine rings is 1. The minimum atomic E-state index is -0.0924. The summed E-state index contributed by atoms with van der Waals surface area (Å²) in [6.45, 7) is 7.60. The third-order valence-corrected chi connectivity index (χ3v) is 6.08. The van der Waals surface area contributed by atoms with E-state index in [0.717, 1.165) is 49.1 Å². The van der Waals surface area contributed by atoms with Crippen LogP contribution in [0.4, 0.5) is 4.79 Å². The van der Waals surface area contributed by atoms with Gasteiger partial charge in [-0.15, -0.1) is 0 Å². The van der Waals surface area contributed by atoms with Crippen LogP contribution in [0.3, 0.4) is 0 Å². The van der Waals surface area contributed by atoms with Crippen LogP contribution in [0.2, 0.25) is 0 Å². The van der Waals surface area contributed by atoms with Gasteiger partial charge in [-0.1, -0.05) is 18.9 Å². The van der Waals surface area contributed by atoms with Crippen LogP contribution in [0, 0.1) is 6.92 Å². The van der Waals surface area contributed by atoms with Gasteiger partial charge in [0.25, 0.3) is 0 Å². The summed E-state index contributed by atoms with van der Waals surface area (Å²) < 4.78 is 10.8. The summed E-state index contributed by atoms with van der Waals surface area (Å²) in [6.07, 6.45) is 5.35. The molecule has 1 aliphatic heterocycles. The summed E-state index contributed by atoms with van der Waals surface area (Å²) >= 11 is 0. The second kappa shape index (κ2) is 8.83. The normalized spacial score (nSPS) is 19.8. The van der Waals surface area contributed by atoms with Crippen molar-refractivity contribution >= 4 is 6.03 Å². The Morgan fingerprint density at radius 2 is 1.78 bits per heavy atom. The highest BCUT2D eigenvalue weighted by molar-refractivity contribution is 5.75. The Hall–Kier alpha value is -1.95. The zero-order valence-electron chi connectivity index (χ0n) is 17.1. The van der Waals surface area contributed by atoms with Gasteiger partial charge in [-0.25, -0.2) is 4.79 Å². The van der Waals surface area contributed by atoms with Crippen molar-refractivity contribution in [1.29, 1.82) is 0 Å². The van der Waals surface area contributed by atoms with E-state index < -0.39 is 0 Å². The minimum absolute atomic E-state index is 0.0164. The summed E-state index contributed by atoms with van der Waals surface area (Å²) in [7, 11) is 3.27. The van der Waals surface area contributed by atoms with Crippen LogP contribution in [0.25, 0.3) is 0 Å². The minimum Gasteiger partial charge on any atom is -0.493 e. The fourth-order valence-electron chi connectivity index (χ4n) is 4.48. The summed E-state index contributed by atoms with van der Waals surface area (Å²) in [5.74, 6) is 1.43. The number of methoxy groups -OCH3 is 2. The Morgan fingerprint density at radius 3 is 2.37 bits per heavy atom. The van der Waals surface area contributed by atoms with E-state index in [-0.39, 0.29) is 12.1 Å². The maximum absolute atomic E-state index is 12.7. The van der Waals surface area contributed by atoms with Crippen LogP contribution in [0.5, 0.6) is 11.5 Å². The summed E-state index contributed by atoms with van der Waals surface area (Å²) in [5.41, 5.74) is 2.04. The number of amides is 2. The van der Waals surface area contributed by atoms with Crippen molar-refractivity contribution in [2.45, 2.75) is 51.6 Å². The molecule has 0 radical (unpaired) electrons. The molecule has 1 N–H and O–H groups in total. The number of rotatable bonds is 5. The molecule has 6 heteroatoms. The third kappa shape index (κ3) is 4.32. The first-order valence-electron chi connectivity index (χ1n) is 10.1. The smallest absolute Gasteiger partial charge is 0.317 e. The molecular formula is C21H33N3O3. The Kier molecular flexibility index (Phi) is 6.47. The second-order valence-electron chi connectivity index (χ2n) is 7.65. The van der Waals surface area contributed by atoms with Gasteiger partial charge in [0.15, 0.2) is 11.5 Å². The lowest BCUT2D eigenvalue weighted by molar-refractivity contribution is 0.108. The van der Waals surface area contributed by atoms with Gasteiger partial charge in [-0.3, -0.25) is 4.90 Å². The molecule has 0 aromatic heterocycles. The van der Waals surface area contributed by atoms with Crippen molar-refractivity contribution in [3.05, 3.63) is 23.3 Å². The molecule has 1 aliphatic carbocycles. The van der Waals surface area contributed by atoms with Gasteiger partial charge in [0.05, 0.1) is 20.3 Å². The molecule has 1 saturated heterocycles. The van der Waals surface area contributed by atoms with Crippen molar-refractivity contribution in [2.75, 3.05) is 40.4 Å².